The number of thiophene rings is 1. The van der Waals surface area contributed by atoms with Crippen LogP contribution in [-0.2, 0) is 21.2 Å². The summed E-state index contributed by atoms with van der Waals surface area (Å²) in [6.45, 7) is 1.77. The first-order chi connectivity index (χ1) is 11.9. The van der Waals surface area contributed by atoms with Gasteiger partial charge in [0.2, 0.25) is 27.6 Å². The highest BCUT2D eigenvalue weighted by atomic mass is 32.2. The maximum absolute atomic E-state index is 12.4. The van der Waals surface area contributed by atoms with E-state index in [0.29, 0.717) is 50.7 Å². The van der Waals surface area contributed by atoms with Crippen LogP contribution in [0.3, 0.4) is 0 Å². The van der Waals surface area contributed by atoms with Crippen LogP contribution >= 0.6 is 11.3 Å². The second kappa shape index (κ2) is 7.63. The van der Waals surface area contributed by atoms with Crippen LogP contribution in [0.1, 0.15) is 18.7 Å². The number of hydrogen-bond donors (Lipinski definition) is 0. The number of aryl methyl sites for hydroxylation is 1. The first-order valence-electron chi connectivity index (χ1n) is 8.03. The van der Waals surface area contributed by atoms with Crippen LogP contribution in [0.15, 0.2) is 22.0 Å². The lowest BCUT2D eigenvalue weighted by atomic mass is 10.2. The van der Waals surface area contributed by atoms with E-state index in [1.54, 1.807) is 4.90 Å². The van der Waals surface area contributed by atoms with Crippen LogP contribution in [0.25, 0.3) is 10.7 Å². The van der Waals surface area contributed by atoms with E-state index in [2.05, 4.69) is 10.1 Å². The highest BCUT2D eigenvalue weighted by molar-refractivity contribution is 7.88. The largest absolute Gasteiger partial charge is 0.341 e. The van der Waals surface area contributed by atoms with Crippen LogP contribution in [0.4, 0.5) is 0 Å². The molecule has 1 aliphatic heterocycles. The van der Waals surface area contributed by atoms with Crippen LogP contribution in [0.2, 0.25) is 0 Å². The normalized spacial score (nSPS) is 16.8. The van der Waals surface area contributed by atoms with E-state index in [9.17, 15) is 13.2 Å². The van der Waals surface area contributed by atoms with Crippen molar-refractivity contribution in [3.8, 4) is 10.7 Å². The highest BCUT2D eigenvalue weighted by Crippen LogP contribution is 2.21. The van der Waals surface area contributed by atoms with Crippen molar-refractivity contribution in [1.29, 1.82) is 0 Å². The molecular formula is C15H20N4O4S2. The molecule has 0 spiro atoms. The topological polar surface area (TPSA) is 96.6 Å². The Kier molecular flexibility index (Phi) is 5.50. The molecule has 3 heterocycles. The van der Waals surface area contributed by atoms with Crippen molar-refractivity contribution in [2.45, 2.75) is 19.3 Å². The van der Waals surface area contributed by atoms with Gasteiger partial charge in [-0.1, -0.05) is 11.2 Å². The molecule has 0 aromatic carbocycles. The number of carbonyl (C=O) groups is 1. The number of rotatable bonds is 5. The lowest BCUT2D eigenvalue weighted by molar-refractivity contribution is -0.131. The third-order valence-electron chi connectivity index (χ3n) is 4.04. The number of aromatic nitrogens is 2. The lowest BCUT2D eigenvalue weighted by Gasteiger charge is -2.20. The van der Waals surface area contributed by atoms with Gasteiger partial charge in [-0.25, -0.2) is 12.7 Å². The van der Waals surface area contributed by atoms with Crippen LogP contribution in [0.5, 0.6) is 0 Å². The van der Waals surface area contributed by atoms with E-state index in [4.69, 9.17) is 4.52 Å². The Morgan fingerprint density at radius 2 is 2.16 bits per heavy atom. The zero-order valence-corrected chi connectivity index (χ0v) is 15.6. The monoisotopic (exact) mass is 384 g/mol. The summed E-state index contributed by atoms with van der Waals surface area (Å²) in [5, 5.41) is 5.87. The zero-order chi connectivity index (χ0) is 17.9. The molecule has 0 atom stereocenters. The standard InChI is InChI=1S/C15H20N4O4S2/c1-25(21,22)19-8-3-7-18(9-10-19)14(20)6-5-13-16-15(17-23-13)12-4-2-11-24-12/h2,4,11H,3,5-10H2,1H3. The number of hydrogen-bond acceptors (Lipinski definition) is 7. The summed E-state index contributed by atoms with van der Waals surface area (Å²) in [6.07, 6.45) is 2.49. The molecule has 2 aromatic heterocycles. The Hall–Kier alpha value is -1.78. The number of amides is 1. The van der Waals surface area contributed by atoms with Gasteiger partial charge in [-0.15, -0.1) is 11.3 Å². The fourth-order valence-corrected chi connectivity index (χ4v) is 4.23. The Morgan fingerprint density at radius 1 is 1.32 bits per heavy atom. The molecule has 0 bridgehead atoms. The molecule has 0 saturated carbocycles. The third kappa shape index (κ3) is 4.65. The van der Waals surface area contributed by atoms with Gasteiger partial charge in [-0.2, -0.15) is 4.98 Å². The number of carbonyl (C=O) groups excluding carboxylic acids is 1. The fourth-order valence-electron chi connectivity index (χ4n) is 2.71. The maximum Gasteiger partial charge on any atom is 0.227 e. The number of sulfonamides is 1. The summed E-state index contributed by atoms with van der Waals surface area (Å²) in [4.78, 5) is 19.3. The Labute approximate surface area is 150 Å². The predicted molar refractivity (Wildman–Crippen MR) is 93.5 cm³/mol. The summed E-state index contributed by atoms with van der Waals surface area (Å²) in [5.74, 6) is 0.951. The molecule has 10 heteroatoms. The summed E-state index contributed by atoms with van der Waals surface area (Å²) in [6, 6.07) is 3.83. The van der Waals surface area contributed by atoms with Gasteiger partial charge in [0, 0.05) is 39.0 Å². The van der Waals surface area contributed by atoms with Crippen molar-refractivity contribution in [3.63, 3.8) is 0 Å². The molecular weight excluding hydrogens is 364 g/mol. The summed E-state index contributed by atoms with van der Waals surface area (Å²) >= 11 is 1.53. The van der Waals surface area contributed by atoms with Crippen molar-refractivity contribution < 1.29 is 17.7 Å². The highest BCUT2D eigenvalue weighted by Gasteiger charge is 2.24. The van der Waals surface area contributed by atoms with Gasteiger partial charge >= 0.3 is 0 Å². The molecule has 2 aromatic rings. The van der Waals surface area contributed by atoms with Crippen molar-refractivity contribution in [2.24, 2.45) is 0 Å². The first-order valence-corrected chi connectivity index (χ1v) is 10.8. The van der Waals surface area contributed by atoms with Crippen molar-refractivity contribution in [2.75, 3.05) is 32.4 Å². The SMILES string of the molecule is CS(=O)(=O)N1CCCN(C(=O)CCc2nc(-c3cccs3)no2)CC1. The van der Waals surface area contributed by atoms with Gasteiger partial charge < -0.3 is 9.42 Å². The van der Waals surface area contributed by atoms with Gasteiger partial charge in [-0.05, 0) is 17.9 Å². The van der Waals surface area contributed by atoms with E-state index in [-0.39, 0.29) is 12.3 Å². The first kappa shape index (κ1) is 18.0. The summed E-state index contributed by atoms with van der Waals surface area (Å²) in [7, 11) is -3.21. The lowest BCUT2D eigenvalue weighted by Crippen LogP contribution is -2.37. The van der Waals surface area contributed by atoms with E-state index < -0.39 is 10.0 Å². The zero-order valence-electron chi connectivity index (χ0n) is 13.9. The second-order valence-corrected chi connectivity index (χ2v) is 8.82. The second-order valence-electron chi connectivity index (χ2n) is 5.89. The Balaban J connectivity index is 1.53. The Morgan fingerprint density at radius 3 is 2.88 bits per heavy atom. The van der Waals surface area contributed by atoms with E-state index in [1.807, 2.05) is 17.5 Å². The number of nitrogens with zero attached hydrogens (tertiary/aromatic N) is 4. The predicted octanol–water partition coefficient (Wildman–Crippen LogP) is 1.22. The molecule has 25 heavy (non-hydrogen) atoms. The average molecular weight is 384 g/mol. The van der Waals surface area contributed by atoms with E-state index in [1.165, 1.54) is 21.9 Å². The molecule has 1 aliphatic rings. The van der Waals surface area contributed by atoms with Gasteiger partial charge in [0.05, 0.1) is 11.1 Å². The van der Waals surface area contributed by atoms with Crippen LogP contribution < -0.4 is 0 Å². The Bertz CT molecular complexity index is 816. The van der Waals surface area contributed by atoms with Crippen molar-refractivity contribution in [1.82, 2.24) is 19.3 Å². The average Bonchev–Trinajstić information content (AvgIpc) is 3.18. The van der Waals surface area contributed by atoms with Gasteiger partial charge in [0.25, 0.3) is 0 Å². The maximum atomic E-state index is 12.4. The van der Waals surface area contributed by atoms with Crippen molar-refractivity contribution in [3.05, 3.63) is 23.4 Å². The van der Waals surface area contributed by atoms with E-state index in [0.717, 1.165) is 4.88 Å². The minimum Gasteiger partial charge on any atom is -0.341 e. The quantitative estimate of drug-likeness (QED) is 0.769. The third-order valence-corrected chi connectivity index (χ3v) is 6.21. The molecule has 1 saturated heterocycles. The molecule has 0 N–H and O–H groups in total. The molecule has 1 fully saturated rings. The molecule has 8 nitrogen and oxygen atoms in total. The smallest absolute Gasteiger partial charge is 0.227 e. The fraction of sp³-hybridized carbons (Fsp3) is 0.533. The van der Waals surface area contributed by atoms with Gasteiger partial charge in [-0.3, -0.25) is 4.79 Å². The molecule has 0 unspecified atom stereocenters. The summed E-state index contributed by atoms with van der Waals surface area (Å²) in [5.41, 5.74) is 0. The minimum atomic E-state index is -3.21. The molecule has 136 valence electrons. The van der Waals surface area contributed by atoms with Crippen LogP contribution in [-0.4, -0.2) is 66.1 Å². The minimum absolute atomic E-state index is 0.0220. The van der Waals surface area contributed by atoms with Crippen molar-refractivity contribution >= 4 is 27.3 Å². The van der Waals surface area contributed by atoms with Crippen LogP contribution in [0, 0.1) is 0 Å². The van der Waals surface area contributed by atoms with Gasteiger partial charge in [0.15, 0.2) is 0 Å². The van der Waals surface area contributed by atoms with Gasteiger partial charge in [0.1, 0.15) is 0 Å². The molecule has 0 radical (unpaired) electrons. The molecule has 0 aliphatic carbocycles. The van der Waals surface area contributed by atoms with E-state index >= 15 is 0 Å². The molecule has 1 amide bonds. The molecule has 3 rings (SSSR count). The summed E-state index contributed by atoms with van der Waals surface area (Å²) < 4.78 is 29.9.